The Morgan fingerprint density at radius 2 is 1.43 bits per heavy atom. The summed E-state index contributed by atoms with van der Waals surface area (Å²) in [7, 11) is 0. The van der Waals surface area contributed by atoms with Gasteiger partial charge in [0.1, 0.15) is 23.9 Å². The molecule has 0 aliphatic heterocycles. The first-order chi connectivity index (χ1) is 16.8. The van der Waals surface area contributed by atoms with E-state index in [1.807, 2.05) is 78.9 Å². The number of hydrogen-bond acceptors (Lipinski definition) is 6. The topological polar surface area (TPSA) is 73.9 Å². The molecule has 3 aromatic rings. The lowest BCUT2D eigenvalue weighted by molar-refractivity contribution is -0.201. The number of carbonyl (C=O) groups is 2. The summed E-state index contributed by atoms with van der Waals surface area (Å²) in [6, 6.07) is 24.6. The van der Waals surface area contributed by atoms with Gasteiger partial charge in [-0.1, -0.05) is 42.5 Å². The fraction of sp³-hybridized carbons (Fsp3) is 0.231. The van der Waals surface area contributed by atoms with Crippen LogP contribution in [0.3, 0.4) is 0 Å². The van der Waals surface area contributed by atoms with Crippen LogP contribution < -0.4 is 14.8 Å². The zero-order valence-electron chi connectivity index (χ0n) is 18.7. The van der Waals surface area contributed by atoms with Gasteiger partial charge in [0.2, 0.25) is 0 Å². The Morgan fingerprint density at radius 3 is 2.17 bits per heavy atom. The van der Waals surface area contributed by atoms with Gasteiger partial charge in [0.15, 0.2) is 0 Å². The highest BCUT2D eigenvalue weighted by Gasteiger charge is 2.42. The first-order valence-electron chi connectivity index (χ1n) is 10.9. The molecule has 6 nitrogen and oxygen atoms in total. The van der Waals surface area contributed by atoms with Crippen molar-refractivity contribution in [1.82, 2.24) is 5.32 Å². The van der Waals surface area contributed by atoms with Crippen LogP contribution in [0.1, 0.15) is 17.5 Å². The fourth-order valence-electron chi connectivity index (χ4n) is 3.04. The molecule has 0 saturated heterocycles. The minimum Gasteiger partial charge on any atom is -0.489 e. The Bertz CT molecular complexity index is 1120. The van der Waals surface area contributed by atoms with Crippen LogP contribution in [0.15, 0.2) is 78.9 Å². The Labute approximate surface area is 200 Å². The largest absolute Gasteiger partial charge is 0.491 e. The highest BCUT2D eigenvalue weighted by Crippen LogP contribution is 2.23. The van der Waals surface area contributed by atoms with Crippen molar-refractivity contribution < 1.29 is 37.0 Å². The molecular formula is C26H24F3NO5. The molecule has 184 valence electrons. The van der Waals surface area contributed by atoms with Gasteiger partial charge in [-0.15, -0.1) is 0 Å². The molecule has 35 heavy (non-hydrogen) atoms. The van der Waals surface area contributed by atoms with E-state index in [0.29, 0.717) is 31.1 Å². The molecule has 0 amide bonds. The molecule has 1 N–H and O–H groups in total. The lowest BCUT2D eigenvalue weighted by atomic mass is 10.1. The molecule has 0 aromatic heterocycles. The number of esters is 2. The summed E-state index contributed by atoms with van der Waals surface area (Å²) >= 11 is 0. The standard InChI is InChI=1S/C26H24F3NO5/c27-26(28,29)25(32)35-24(31)13-15-30-14-12-19-6-4-10-22(16-19)33-18-20-7-5-11-23(17-20)34-21-8-2-1-3-9-21/h1-11,16-17,30H,12-15,18H2. The summed E-state index contributed by atoms with van der Waals surface area (Å²) < 4.78 is 51.7. The number of ether oxygens (including phenoxy) is 3. The fourth-order valence-corrected chi connectivity index (χ4v) is 3.04. The number of alkyl halides is 3. The van der Waals surface area contributed by atoms with Crippen molar-refractivity contribution in [3.8, 4) is 17.2 Å². The number of para-hydroxylation sites is 1. The van der Waals surface area contributed by atoms with Gasteiger partial charge in [0.25, 0.3) is 0 Å². The highest BCUT2D eigenvalue weighted by atomic mass is 19.4. The molecule has 0 aliphatic carbocycles. The van der Waals surface area contributed by atoms with E-state index >= 15 is 0 Å². The van der Waals surface area contributed by atoms with Gasteiger partial charge < -0.3 is 19.5 Å². The minimum absolute atomic E-state index is 0.0849. The Kier molecular flexibility index (Phi) is 9.25. The number of halogens is 3. The second kappa shape index (κ2) is 12.6. The summed E-state index contributed by atoms with van der Waals surface area (Å²) in [6.07, 6.45) is -4.93. The first-order valence-corrected chi connectivity index (χ1v) is 10.9. The first kappa shape index (κ1) is 25.8. The van der Waals surface area contributed by atoms with Crippen molar-refractivity contribution in [2.24, 2.45) is 0 Å². The predicted molar refractivity (Wildman–Crippen MR) is 122 cm³/mol. The van der Waals surface area contributed by atoms with Gasteiger partial charge in [-0.05, 0) is 60.5 Å². The molecule has 0 aliphatic rings. The molecule has 0 fully saturated rings. The number of nitrogens with one attached hydrogen (secondary N) is 1. The van der Waals surface area contributed by atoms with Crippen LogP contribution in [0.25, 0.3) is 0 Å². The lowest BCUT2D eigenvalue weighted by Gasteiger charge is -2.10. The average Bonchev–Trinajstić information content (AvgIpc) is 2.83. The maximum atomic E-state index is 12.1. The second-order valence-corrected chi connectivity index (χ2v) is 7.51. The van der Waals surface area contributed by atoms with Crippen LogP contribution in [0.2, 0.25) is 0 Å². The minimum atomic E-state index is -5.19. The molecule has 0 heterocycles. The van der Waals surface area contributed by atoms with Crippen LogP contribution in [0.4, 0.5) is 13.2 Å². The number of carbonyl (C=O) groups excluding carboxylic acids is 2. The third kappa shape index (κ3) is 9.13. The van der Waals surface area contributed by atoms with Crippen molar-refractivity contribution in [1.29, 1.82) is 0 Å². The average molecular weight is 487 g/mol. The monoisotopic (exact) mass is 487 g/mol. The van der Waals surface area contributed by atoms with Crippen LogP contribution in [0, 0.1) is 0 Å². The van der Waals surface area contributed by atoms with Crippen LogP contribution >= 0.6 is 0 Å². The Morgan fingerprint density at radius 1 is 0.771 bits per heavy atom. The van der Waals surface area contributed by atoms with Crippen LogP contribution in [-0.2, 0) is 27.4 Å². The molecule has 3 aromatic carbocycles. The summed E-state index contributed by atoms with van der Waals surface area (Å²) in [5.74, 6) is -1.59. The normalized spacial score (nSPS) is 11.1. The van der Waals surface area contributed by atoms with Gasteiger partial charge >= 0.3 is 18.1 Å². The van der Waals surface area contributed by atoms with E-state index in [0.717, 1.165) is 16.9 Å². The molecule has 3 rings (SSSR count). The molecule has 0 atom stereocenters. The number of hydrogen-bond donors (Lipinski definition) is 1. The lowest BCUT2D eigenvalue weighted by Crippen LogP contribution is -2.29. The van der Waals surface area contributed by atoms with Gasteiger partial charge in [-0.2, -0.15) is 13.2 Å². The third-order valence-electron chi connectivity index (χ3n) is 4.72. The van der Waals surface area contributed by atoms with E-state index in [4.69, 9.17) is 9.47 Å². The van der Waals surface area contributed by atoms with E-state index in [9.17, 15) is 22.8 Å². The zero-order chi connectivity index (χ0) is 25.1. The maximum absolute atomic E-state index is 12.1. The van der Waals surface area contributed by atoms with E-state index in [-0.39, 0.29) is 13.0 Å². The molecule has 0 radical (unpaired) electrons. The van der Waals surface area contributed by atoms with Crippen molar-refractivity contribution in [3.05, 3.63) is 90.0 Å². The number of benzene rings is 3. The van der Waals surface area contributed by atoms with E-state index < -0.39 is 18.1 Å². The summed E-state index contributed by atoms with van der Waals surface area (Å²) in [6.45, 7) is 0.914. The smallest absolute Gasteiger partial charge is 0.489 e. The maximum Gasteiger partial charge on any atom is 0.491 e. The van der Waals surface area contributed by atoms with Crippen LogP contribution in [0.5, 0.6) is 17.2 Å². The summed E-state index contributed by atoms with van der Waals surface area (Å²) in [5, 5.41) is 2.93. The van der Waals surface area contributed by atoms with Gasteiger partial charge in [0.05, 0.1) is 6.42 Å². The van der Waals surface area contributed by atoms with Crippen molar-refractivity contribution in [3.63, 3.8) is 0 Å². The van der Waals surface area contributed by atoms with Crippen molar-refractivity contribution in [2.75, 3.05) is 13.1 Å². The molecule has 0 spiro atoms. The number of rotatable bonds is 11. The second-order valence-electron chi connectivity index (χ2n) is 7.51. The molecule has 0 saturated carbocycles. The Balaban J connectivity index is 1.40. The zero-order valence-corrected chi connectivity index (χ0v) is 18.7. The van der Waals surface area contributed by atoms with E-state index in [2.05, 4.69) is 10.1 Å². The Hall–Kier alpha value is -3.85. The highest BCUT2D eigenvalue weighted by molar-refractivity contribution is 5.88. The molecule has 0 bridgehead atoms. The molecule has 9 heteroatoms. The van der Waals surface area contributed by atoms with E-state index in [1.54, 1.807) is 0 Å². The SMILES string of the molecule is O=C(CCNCCc1cccc(OCc2cccc(Oc3ccccc3)c2)c1)OC(=O)C(F)(F)F. The molecular weight excluding hydrogens is 463 g/mol. The van der Waals surface area contributed by atoms with Gasteiger partial charge in [-0.3, -0.25) is 4.79 Å². The summed E-state index contributed by atoms with van der Waals surface area (Å²) in [4.78, 5) is 21.9. The van der Waals surface area contributed by atoms with Crippen LogP contribution in [-0.4, -0.2) is 31.2 Å². The van der Waals surface area contributed by atoms with Gasteiger partial charge in [0, 0.05) is 6.54 Å². The van der Waals surface area contributed by atoms with E-state index in [1.165, 1.54) is 0 Å². The molecule has 0 unspecified atom stereocenters. The van der Waals surface area contributed by atoms with Crippen molar-refractivity contribution in [2.45, 2.75) is 25.6 Å². The summed E-state index contributed by atoms with van der Waals surface area (Å²) in [5.41, 5.74) is 1.92. The quantitative estimate of drug-likeness (QED) is 0.227. The predicted octanol–water partition coefficient (Wildman–Crippen LogP) is 5.21. The van der Waals surface area contributed by atoms with Crippen molar-refractivity contribution >= 4 is 11.9 Å². The van der Waals surface area contributed by atoms with Gasteiger partial charge in [-0.25, -0.2) is 4.79 Å². The third-order valence-corrected chi connectivity index (χ3v) is 4.72.